The van der Waals surface area contributed by atoms with Gasteiger partial charge in [0.25, 0.3) is 12.0 Å². The SMILES string of the molecule is Clc1cc(Cl)cc(CCC2COC(NC3=NC(COc4cc(Cl)cc(Cl)c4)CO3)=N2)c1. The van der Waals surface area contributed by atoms with Gasteiger partial charge in [-0.2, -0.15) is 0 Å². The van der Waals surface area contributed by atoms with Crippen molar-refractivity contribution in [1.82, 2.24) is 5.32 Å². The van der Waals surface area contributed by atoms with Gasteiger partial charge in [-0.3, -0.25) is 5.32 Å². The molecule has 0 fully saturated rings. The van der Waals surface area contributed by atoms with Crippen LogP contribution in [0.25, 0.3) is 0 Å². The zero-order chi connectivity index (χ0) is 21.8. The number of rotatable bonds is 6. The van der Waals surface area contributed by atoms with E-state index in [4.69, 9.17) is 60.6 Å². The first-order valence-electron chi connectivity index (χ1n) is 9.65. The predicted molar refractivity (Wildman–Crippen MR) is 124 cm³/mol. The Hall–Kier alpha value is -1.86. The van der Waals surface area contributed by atoms with Crippen LogP contribution in [-0.4, -0.2) is 43.9 Å². The minimum atomic E-state index is -0.161. The van der Waals surface area contributed by atoms with Crippen LogP contribution < -0.4 is 10.1 Å². The first kappa shape index (κ1) is 22.3. The van der Waals surface area contributed by atoms with Crippen molar-refractivity contribution in [2.75, 3.05) is 19.8 Å². The molecule has 0 saturated heterocycles. The van der Waals surface area contributed by atoms with Gasteiger partial charge in [-0.1, -0.05) is 46.4 Å². The highest BCUT2D eigenvalue weighted by Gasteiger charge is 2.25. The van der Waals surface area contributed by atoms with Gasteiger partial charge in [-0.15, -0.1) is 0 Å². The summed E-state index contributed by atoms with van der Waals surface area (Å²) in [7, 11) is 0. The number of benzene rings is 2. The third-order valence-corrected chi connectivity index (χ3v) is 5.48. The summed E-state index contributed by atoms with van der Waals surface area (Å²) in [6.07, 6.45) is 1.61. The van der Waals surface area contributed by atoms with Crippen molar-refractivity contribution >= 4 is 58.4 Å². The van der Waals surface area contributed by atoms with Gasteiger partial charge >= 0.3 is 0 Å². The molecule has 1 N–H and O–H groups in total. The van der Waals surface area contributed by atoms with E-state index in [2.05, 4.69) is 15.3 Å². The smallest absolute Gasteiger partial charge is 0.293 e. The molecule has 10 heteroatoms. The van der Waals surface area contributed by atoms with E-state index >= 15 is 0 Å². The molecule has 2 aromatic carbocycles. The number of aryl methyl sites for hydroxylation is 1. The average molecular weight is 503 g/mol. The Bertz CT molecular complexity index is 895. The second-order valence-corrected chi connectivity index (χ2v) is 8.90. The van der Waals surface area contributed by atoms with Crippen LogP contribution in [0.3, 0.4) is 0 Å². The van der Waals surface area contributed by atoms with Gasteiger partial charge in [0.05, 0.1) is 6.04 Å². The van der Waals surface area contributed by atoms with Crippen LogP contribution in [0.15, 0.2) is 46.4 Å². The van der Waals surface area contributed by atoms with Crippen molar-refractivity contribution in [3.63, 3.8) is 0 Å². The molecule has 2 aliphatic heterocycles. The quantitative estimate of drug-likeness (QED) is 0.573. The highest BCUT2D eigenvalue weighted by Crippen LogP contribution is 2.25. The fourth-order valence-corrected chi connectivity index (χ4v) is 4.26. The van der Waals surface area contributed by atoms with E-state index in [1.54, 1.807) is 24.3 Å². The van der Waals surface area contributed by atoms with Crippen LogP contribution in [-0.2, 0) is 15.9 Å². The minimum Gasteiger partial charge on any atom is -0.491 e. The summed E-state index contributed by atoms with van der Waals surface area (Å²) in [4.78, 5) is 9.00. The third kappa shape index (κ3) is 6.56. The summed E-state index contributed by atoms with van der Waals surface area (Å²) in [6, 6.07) is 11.2. The lowest BCUT2D eigenvalue weighted by atomic mass is 10.1. The van der Waals surface area contributed by atoms with Crippen LogP contribution >= 0.6 is 46.4 Å². The molecule has 2 heterocycles. The lowest BCUT2D eigenvalue weighted by molar-refractivity contribution is 0.239. The van der Waals surface area contributed by atoms with Crippen molar-refractivity contribution in [3.05, 3.63) is 62.1 Å². The Morgan fingerprint density at radius 1 is 0.806 bits per heavy atom. The van der Waals surface area contributed by atoms with Crippen molar-refractivity contribution in [2.45, 2.75) is 24.9 Å². The Kier molecular flexibility index (Phi) is 7.33. The zero-order valence-corrected chi connectivity index (χ0v) is 19.3. The van der Waals surface area contributed by atoms with Crippen molar-refractivity contribution in [2.24, 2.45) is 9.98 Å². The Labute approximate surface area is 200 Å². The summed E-state index contributed by atoms with van der Waals surface area (Å²) in [5.41, 5.74) is 1.07. The summed E-state index contributed by atoms with van der Waals surface area (Å²) < 4.78 is 16.9. The maximum Gasteiger partial charge on any atom is 0.293 e. The fourth-order valence-electron chi connectivity index (χ4n) is 3.19. The van der Waals surface area contributed by atoms with E-state index in [1.165, 1.54) is 0 Å². The summed E-state index contributed by atoms with van der Waals surface area (Å²) >= 11 is 24.1. The van der Waals surface area contributed by atoms with Gasteiger partial charge in [0, 0.05) is 20.1 Å². The monoisotopic (exact) mass is 501 g/mol. The van der Waals surface area contributed by atoms with Crippen LogP contribution in [0, 0.1) is 0 Å². The van der Waals surface area contributed by atoms with Crippen LogP contribution in [0.2, 0.25) is 20.1 Å². The van der Waals surface area contributed by atoms with E-state index in [1.807, 2.05) is 12.1 Å². The number of halogens is 4. The molecular formula is C21H19Cl4N3O3. The van der Waals surface area contributed by atoms with Crippen LogP contribution in [0.1, 0.15) is 12.0 Å². The molecule has 2 atom stereocenters. The minimum absolute atomic E-state index is 0.0361. The standard InChI is InChI=1S/C21H19Cl4N3O3/c22-13-3-12(4-14(23)5-13)1-2-17-9-30-20(26-17)28-21-27-18(11-31-21)10-29-19-7-15(24)6-16(25)8-19/h3-8,17-18H,1-2,9-11H2,(H,26,27,28). The van der Waals surface area contributed by atoms with Gasteiger partial charge in [0.15, 0.2) is 0 Å². The number of hydrogen-bond acceptors (Lipinski definition) is 6. The van der Waals surface area contributed by atoms with Crippen molar-refractivity contribution in [3.8, 4) is 5.75 Å². The molecule has 0 spiro atoms. The number of amidine groups is 2. The molecule has 0 aliphatic carbocycles. The first-order valence-corrected chi connectivity index (χ1v) is 11.2. The van der Waals surface area contributed by atoms with Gasteiger partial charge in [0.1, 0.15) is 31.6 Å². The summed E-state index contributed by atoms with van der Waals surface area (Å²) in [5, 5.41) is 5.27. The number of aliphatic imine (C=N–C) groups is 2. The van der Waals surface area contributed by atoms with Crippen LogP contribution in [0.5, 0.6) is 5.75 Å². The van der Waals surface area contributed by atoms with E-state index in [9.17, 15) is 0 Å². The molecule has 31 heavy (non-hydrogen) atoms. The summed E-state index contributed by atoms with van der Waals surface area (Å²) in [5.74, 6) is 0.585. The topological polar surface area (TPSA) is 64.4 Å². The Morgan fingerprint density at radius 2 is 1.35 bits per heavy atom. The van der Waals surface area contributed by atoms with Gasteiger partial charge < -0.3 is 14.2 Å². The molecule has 0 amide bonds. The highest BCUT2D eigenvalue weighted by atomic mass is 35.5. The Morgan fingerprint density at radius 3 is 2.00 bits per heavy atom. The second-order valence-electron chi connectivity index (χ2n) is 7.16. The van der Waals surface area contributed by atoms with E-state index in [0.717, 1.165) is 18.4 Å². The lowest BCUT2D eigenvalue weighted by Crippen LogP contribution is -2.30. The van der Waals surface area contributed by atoms with Crippen molar-refractivity contribution in [1.29, 1.82) is 0 Å². The van der Waals surface area contributed by atoms with E-state index in [0.29, 0.717) is 57.7 Å². The van der Waals surface area contributed by atoms with E-state index in [-0.39, 0.29) is 12.1 Å². The van der Waals surface area contributed by atoms with Gasteiger partial charge in [0.2, 0.25) is 0 Å². The molecule has 2 aliphatic rings. The molecule has 0 bridgehead atoms. The first-order chi connectivity index (χ1) is 14.9. The largest absolute Gasteiger partial charge is 0.491 e. The van der Waals surface area contributed by atoms with Crippen molar-refractivity contribution < 1.29 is 14.2 Å². The zero-order valence-electron chi connectivity index (χ0n) is 16.3. The molecule has 164 valence electrons. The molecule has 0 aromatic heterocycles. The molecule has 0 saturated carbocycles. The number of ether oxygens (including phenoxy) is 3. The average Bonchev–Trinajstić information content (AvgIpc) is 3.33. The molecule has 6 nitrogen and oxygen atoms in total. The number of nitrogens with zero attached hydrogens (tertiary/aromatic N) is 2. The van der Waals surface area contributed by atoms with E-state index < -0.39 is 0 Å². The fraction of sp³-hybridized carbons (Fsp3) is 0.333. The number of nitrogens with one attached hydrogen (secondary N) is 1. The highest BCUT2D eigenvalue weighted by molar-refractivity contribution is 6.35. The molecule has 2 aromatic rings. The lowest BCUT2D eigenvalue weighted by Gasteiger charge is -2.09. The van der Waals surface area contributed by atoms with Crippen LogP contribution in [0.4, 0.5) is 0 Å². The normalized spacial score (nSPS) is 20.0. The van der Waals surface area contributed by atoms with Gasteiger partial charge in [-0.25, -0.2) is 9.98 Å². The predicted octanol–water partition coefficient (Wildman–Crippen LogP) is 5.41. The van der Waals surface area contributed by atoms with Gasteiger partial charge in [-0.05, 0) is 54.8 Å². The maximum atomic E-state index is 6.05. The molecular weight excluding hydrogens is 484 g/mol. The summed E-state index contributed by atoms with van der Waals surface area (Å²) in [6.45, 7) is 1.22. The number of hydrogen-bond donors (Lipinski definition) is 1. The maximum absolute atomic E-state index is 6.05. The Balaban J connectivity index is 1.25. The molecule has 2 unspecified atom stereocenters. The third-order valence-electron chi connectivity index (χ3n) is 4.61. The molecule has 0 radical (unpaired) electrons. The second kappa shape index (κ2) is 10.2. The molecule has 4 rings (SSSR count).